The van der Waals surface area contributed by atoms with Crippen LogP contribution < -0.4 is 5.73 Å². The van der Waals surface area contributed by atoms with Crippen LogP contribution in [-0.2, 0) is 17.2 Å². The zero-order chi connectivity index (χ0) is 13.7. The third-order valence-corrected chi connectivity index (χ3v) is 4.57. The molecule has 4 heteroatoms. The van der Waals surface area contributed by atoms with Crippen LogP contribution in [0.1, 0.15) is 5.56 Å². The van der Waals surface area contributed by atoms with Gasteiger partial charge in [-0.05, 0) is 17.7 Å². The van der Waals surface area contributed by atoms with Gasteiger partial charge in [0.1, 0.15) is 0 Å². The molecule has 1 fully saturated rings. The molecular formula is C16H17N3O. The summed E-state index contributed by atoms with van der Waals surface area (Å²) in [5, 5.41) is 2.44. The normalized spacial score (nSPS) is 17.5. The minimum Gasteiger partial charge on any atom is -0.379 e. The molecule has 0 unspecified atom stereocenters. The number of ether oxygens (including phenoxy) is 1. The molecule has 3 aromatic rings. The summed E-state index contributed by atoms with van der Waals surface area (Å²) in [7, 11) is 2.10. The van der Waals surface area contributed by atoms with E-state index in [9.17, 15) is 0 Å². The summed E-state index contributed by atoms with van der Waals surface area (Å²) in [5.74, 6) is 0. The lowest BCUT2D eigenvalue weighted by Gasteiger charge is -2.41. The lowest BCUT2D eigenvalue weighted by Crippen LogP contribution is -2.52. The summed E-state index contributed by atoms with van der Waals surface area (Å²) in [4.78, 5) is 4.24. The highest BCUT2D eigenvalue weighted by Crippen LogP contribution is 2.35. The van der Waals surface area contributed by atoms with Gasteiger partial charge < -0.3 is 15.0 Å². The smallest absolute Gasteiger partial charge is 0.0597 e. The lowest BCUT2D eigenvalue weighted by atomic mass is 9.78. The predicted molar refractivity (Wildman–Crippen MR) is 79.8 cm³/mol. The Labute approximate surface area is 117 Å². The maximum absolute atomic E-state index is 5.96. The Kier molecular flexibility index (Phi) is 2.40. The van der Waals surface area contributed by atoms with E-state index >= 15 is 0 Å². The minimum atomic E-state index is 0.00287. The van der Waals surface area contributed by atoms with Crippen LogP contribution in [0.15, 0.2) is 36.7 Å². The van der Waals surface area contributed by atoms with Gasteiger partial charge in [0, 0.05) is 42.3 Å². The van der Waals surface area contributed by atoms with E-state index in [4.69, 9.17) is 10.5 Å². The van der Waals surface area contributed by atoms with Crippen molar-refractivity contribution in [1.82, 2.24) is 9.55 Å². The van der Waals surface area contributed by atoms with Crippen molar-refractivity contribution < 1.29 is 4.74 Å². The van der Waals surface area contributed by atoms with Gasteiger partial charge in [0.25, 0.3) is 0 Å². The Hall–Kier alpha value is -1.91. The first kappa shape index (κ1) is 11.9. The summed E-state index contributed by atoms with van der Waals surface area (Å²) in [5.41, 5.74) is 9.67. The summed E-state index contributed by atoms with van der Waals surface area (Å²) >= 11 is 0. The number of rotatable bonds is 2. The van der Waals surface area contributed by atoms with Gasteiger partial charge in [-0.1, -0.05) is 12.1 Å². The van der Waals surface area contributed by atoms with E-state index in [-0.39, 0.29) is 5.41 Å². The van der Waals surface area contributed by atoms with Crippen molar-refractivity contribution in [3.8, 4) is 0 Å². The van der Waals surface area contributed by atoms with Gasteiger partial charge >= 0.3 is 0 Å². The summed E-state index contributed by atoms with van der Waals surface area (Å²) in [6, 6.07) is 8.68. The zero-order valence-electron chi connectivity index (χ0n) is 11.5. The average molecular weight is 267 g/mol. The Morgan fingerprint density at radius 3 is 2.80 bits per heavy atom. The molecular weight excluding hydrogens is 250 g/mol. The van der Waals surface area contributed by atoms with Gasteiger partial charge in [-0.15, -0.1) is 0 Å². The molecule has 0 saturated carbocycles. The van der Waals surface area contributed by atoms with Crippen molar-refractivity contribution in [1.29, 1.82) is 0 Å². The first-order chi connectivity index (χ1) is 9.75. The number of hydrogen-bond donors (Lipinski definition) is 1. The summed E-state index contributed by atoms with van der Waals surface area (Å²) in [6.45, 7) is 2.07. The molecule has 0 atom stereocenters. The fourth-order valence-electron chi connectivity index (χ4n) is 3.13. The fourth-order valence-corrected chi connectivity index (χ4v) is 3.13. The monoisotopic (exact) mass is 267 g/mol. The number of nitrogens with zero attached hydrogens (tertiary/aromatic N) is 2. The molecule has 1 aliphatic rings. The number of aromatic nitrogens is 2. The van der Waals surface area contributed by atoms with E-state index in [1.165, 1.54) is 27.4 Å². The van der Waals surface area contributed by atoms with E-state index in [0.717, 1.165) is 13.2 Å². The first-order valence-electron chi connectivity index (χ1n) is 6.86. The number of pyridine rings is 1. The topological polar surface area (TPSA) is 53.1 Å². The zero-order valence-corrected chi connectivity index (χ0v) is 11.5. The second-order valence-electron chi connectivity index (χ2n) is 5.66. The third kappa shape index (κ3) is 1.40. The molecule has 2 aromatic heterocycles. The molecule has 1 saturated heterocycles. The van der Waals surface area contributed by atoms with Gasteiger partial charge in [0.15, 0.2) is 0 Å². The summed E-state index contributed by atoms with van der Waals surface area (Å²) in [6.07, 6.45) is 3.77. The Morgan fingerprint density at radius 2 is 2.10 bits per heavy atom. The Balaban J connectivity index is 2.00. The van der Waals surface area contributed by atoms with Crippen LogP contribution in [0.3, 0.4) is 0 Å². The predicted octanol–water partition coefficient (Wildman–Crippen LogP) is 1.95. The number of aryl methyl sites for hydroxylation is 1. The molecule has 0 radical (unpaired) electrons. The molecule has 1 aromatic carbocycles. The highest BCUT2D eigenvalue weighted by atomic mass is 16.5. The van der Waals surface area contributed by atoms with Crippen LogP contribution in [0.2, 0.25) is 0 Å². The van der Waals surface area contributed by atoms with Crippen LogP contribution in [0, 0.1) is 0 Å². The molecule has 4 nitrogen and oxygen atoms in total. The largest absolute Gasteiger partial charge is 0.379 e. The second kappa shape index (κ2) is 4.04. The van der Waals surface area contributed by atoms with Gasteiger partial charge in [-0.3, -0.25) is 4.98 Å². The molecule has 0 spiro atoms. The molecule has 3 heterocycles. The highest BCUT2D eigenvalue weighted by molar-refractivity contribution is 6.07. The van der Waals surface area contributed by atoms with E-state index in [1.54, 1.807) is 0 Å². The van der Waals surface area contributed by atoms with Crippen LogP contribution in [0.4, 0.5) is 0 Å². The molecule has 0 bridgehead atoms. The average Bonchev–Trinajstić information content (AvgIpc) is 2.73. The van der Waals surface area contributed by atoms with Crippen molar-refractivity contribution >= 4 is 21.8 Å². The Bertz CT molecular complexity index is 796. The van der Waals surface area contributed by atoms with Gasteiger partial charge in [-0.2, -0.15) is 0 Å². The second-order valence-corrected chi connectivity index (χ2v) is 5.66. The highest BCUT2D eigenvalue weighted by Gasteiger charge is 2.39. The van der Waals surface area contributed by atoms with Crippen molar-refractivity contribution in [3.05, 3.63) is 42.2 Å². The maximum atomic E-state index is 5.96. The van der Waals surface area contributed by atoms with Crippen molar-refractivity contribution in [3.63, 3.8) is 0 Å². The number of nitrogens with two attached hydrogens (primary N) is 1. The maximum Gasteiger partial charge on any atom is 0.0597 e. The van der Waals surface area contributed by atoms with Gasteiger partial charge in [-0.25, -0.2) is 0 Å². The first-order valence-corrected chi connectivity index (χ1v) is 6.86. The number of hydrogen-bond acceptors (Lipinski definition) is 3. The fraction of sp³-hybridized carbons (Fsp3) is 0.312. The lowest BCUT2D eigenvalue weighted by molar-refractivity contribution is -0.0549. The van der Waals surface area contributed by atoms with Crippen LogP contribution in [-0.4, -0.2) is 29.3 Å². The molecule has 2 N–H and O–H groups in total. The van der Waals surface area contributed by atoms with Crippen LogP contribution >= 0.6 is 0 Å². The number of benzene rings is 1. The molecule has 20 heavy (non-hydrogen) atoms. The van der Waals surface area contributed by atoms with Crippen molar-refractivity contribution in [2.45, 2.75) is 5.41 Å². The molecule has 102 valence electrons. The van der Waals surface area contributed by atoms with E-state index in [1.807, 2.05) is 12.4 Å². The molecule has 1 aliphatic heterocycles. The standard InChI is InChI=1S/C16H17N3O/c1-19-14-4-5-18-7-13(14)12-3-2-11(6-15(12)19)16(8-17)9-20-10-16/h2-7H,8-10,17H2,1H3. The molecule has 0 aliphatic carbocycles. The Morgan fingerprint density at radius 1 is 1.25 bits per heavy atom. The molecule has 0 amide bonds. The number of fused-ring (bicyclic) bond motifs is 3. The third-order valence-electron chi connectivity index (χ3n) is 4.57. The van der Waals surface area contributed by atoms with E-state index in [2.05, 4.69) is 40.9 Å². The SMILES string of the molecule is Cn1c2ccncc2c2ccc(C3(CN)COC3)cc21. The van der Waals surface area contributed by atoms with Gasteiger partial charge in [0.05, 0.1) is 24.1 Å². The van der Waals surface area contributed by atoms with E-state index < -0.39 is 0 Å². The van der Waals surface area contributed by atoms with Crippen LogP contribution in [0.25, 0.3) is 21.8 Å². The quantitative estimate of drug-likeness (QED) is 0.772. The van der Waals surface area contributed by atoms with Gasteiger partial charge in [0.2, 0.25) is 0 Å². The minimum absolute atomic E-state index is 0.00287. The molecule has 4 rings (SSSR count). The summed E-state index contributed by atoms with van der Waals surface area (Å²) < 4.78 is 7.61. The van der Waals surface area contributed by atoms with E-state index in [0.29, 0.717) is 6.54 Å². The van der Waals surface area contributed by atoms with Crippen molar-refractivity contribution in [2.24, 2.45) is 12.8 Å². The van der Waals surface area contributed by atoms with Crippen molar-refractivity contribution in [2.75, 3.05) is 19.8 Å². The van der Waals surface area contributed by atoms with Crippen LogP contribution in [0.5, 0.6) is 0 Å².